The van der Waals surface area contributed by atoms with Gasteiger partial charge in [0, 0.05) is 56.0 Å². The molecule has 0 spiro atoms. The Morgan fingerprint density at radius 1 is 0.833 bits per heavy atom. The molecule has 0 amide bonds. The number of H-pyrrole nitrogens is 1. The number of nitrogens with one attached hydrogen (secondary N) is 5. The van der Waals surface area contributed by atoms with Gasteiger partial charge >= 0.3 is 0 Å². The molecule has 6 nitrogen and oxygen atoms in total. The molecule has 0 aromatic carbocycles. The average Bonchev–Trinajstić information content (AvgIpc) is 3.40. The molecule has 2 aromatic rings. The van der Waals surface area contributed by atoms with Crippen molar-refractivity contribution in [3.8, 4) is 0 Å². The number of aryl methyl sites for hydroxylation is 1. The molecule has 0 aliphatic heterocycles. The summed E-state index contributed by atoms with van der Waals surface area (Å²) in [6.07, 6.45) is 10.2. The van der Waals surface area contributed by atoms with Crippen LogP contribution in [0.15, 0.2) is 36.7 Å². The van der Waals surface area contributed by atoms with E-state index in [0.717, 1.165) is 39.3 Å². The van der Waals surface area contributed by atoms with E-state index in [1.54, 1.807) is 0 Å². The van der Waals surface area contributed by atoms with Gasteiger partial charge in [-0.15, -0.1) is 0 Å². The second kappa shape index (κ2) is 15.2. The van der Waals surface area contributed by atoms with Gasteiger partial charge in [0.25, 0.3) is 0 Å². The lowest BCUT2D eigenvalue weighted by Gasteiger charge is -2.15. The molecule has 0 saturated heterocycles. The third kappa shape index (κ3) is 11.0. The Bertz CT molecular complexity index is 636. The highest BCUT2D eigenvalue weighted by Gasteiger charge is 2.03. The van der Waals surface area contributed by atoms with Crippen molar-refractivity contribution in [3.63, 3.8) is 0 Å². The Balaban J connectivity index is 1.31. The van der Waals surface area contributed by atoms with Crippen LogP contribution in [-0.4, -0.2) is 47.8 Å². The smallest absolute Gasteiger partial charge is 0.0361 e. The van der Waals surface area contributed by atoms with Gasteiger partial charge in [-0.3, -0.25) is 0 Å². The van der Waals surface area contributed by atoms with Gasteiger partial charge in [0.2, 0.25) is 0 Å². The third-order valence-corrected chi connectivity index (χ3v) is 5.70. The molecule has 2 rings (SSSR count). The molecular weight excluding hydrogens is 372 g/mol. The molecule has 2 heterocycles. The predicted molar refractivity (Wildman–Crippen MR) is 128 cm³/mol. The fourth-order valence-corrected chi connectivity index (χ4v) is 3.49. The van der Waals surface area contributed by atoms with Crippen LogP contribution in [0.5, 0.6) is 0 Å². The van der Waals surface area contributed by atoms with Gasteiger partial charge in [-0.2, -0.15) is 0 Å². The topological polar surface area (TPSA) is 68.8 Å². The van der Waals surface area contributed by atoms with Crippen LogP contribution in [0.1, 0.15) is 57.3 Å². The molecular formula is C24H44N6. The minimum absolute atomic E-state index is 0.536. The Labute approximate surface area is 183 Å². The Kier molecular flexibility index (Phi) is 12.5. The predicted octanol–water partition coefficient (Wildman–Crippen LogP) is 3.14. The maximum atomic E-state index is 3.60. The maximum absolute atomic E-state index is 3.60. The second-order valence-corrected chi connectivity index (χ2v) is 8.51. The molecule has 0 bridgehead atoms. The molecule has 2 aromatic heterocycles. The van der Waals surface area contributed by atoms with Crippen LogP contribution in [0.25, 0.3) is 0 Å². The molecule has 30 heavy (non-hydrogen) atoms. The molecule has 0 radical (unpaired) electrons. The summed E-state index contributed by atoms with van der Waals surface area (Å²) in [7, 11) is 2.10. The summed E-state index contributed by atoms with van der Waals surface area (Å²) in [6, 6.07) is 9.52. The monoisotopic (exact) mass is 416 g/mol. The highest BCUT2D eigenvalue weighted by atomic mass is 15.0. The van der Waals surface area contributed by atoms with Crippen molar-refractivity contribution in [1.29, 1.82) is 0 Å². The third-order valence-electron chi connectivity index (χ3n) is 5.70. The highest BCUT2D eigenvalue weighted by Crippen LogP contribution is 2.01. The van der Waals surface area contributed by atoms with Crippen molar-refractivity contribution in [1.82, 2.24) is 30.8 Å². The minimum atomic E-state index is 0.536. The van der Waals surface area contributed by atoms with E-state index < -0.39 is 0 Å². The van der Waals surface area contributed by atoms with E-state index in [9.17, 15) is 0 Å². The van der Waals surface area contributed by atoms with Gasteiger partial charge in [-0.25, -0.2) is 0 Å². The first-order chi connectivity index (χ1) is 14.6. The van der Waals surface area contributed by atoms with Crippen molar-refractivity contribution < 1.29 is 0 Å². The summed E-state index contributed by atoms with van der Waals surface area (Å²) < 4.78 is 2.18. The first-order valence-electron chi connectivity index (χ1n) is 11.8. The molecule has 0 saturated carbocycles. The van der Waals surface area contributed by atoms with Gasteiger partial charge < -0.3 is 30.8 Å². The standard InChI is InChI=1S/C24H44N6/c1-21(28-19-23-9-7-15-27-23)11-16-25-13-5-4-6-14-26-17-12-22(2)29-20-24-10-8-18-30(24)3/h7-10,15,18,21-22,25-29H,4-6,11-14,16-17,19-20H2,1-3H3. The van der Waals surface area contributed by atoms with Crippen molar-refractivity contribution in [2.45, 2.75) is 71.1 Å². The molecule has 5 N–H and O–H groups in total. The van der Waals surface area contributed by atoms with Crippen LogP contribution < -0.4 is 21.3 Å². The Morgan fingerprint density at radius 3 is 2.07 bits per heavy atom. The highest BCUT2D eigenvalue weighted by molar-refractivity contribution is 5.06. The number of nitrogens with zero attached hydrogens (tertiary/aromatic N) is 1. The molecule has 2 unspecified atom stereocenters. The van der Waals surface area contributed by atoms with E-state index in [4.69, 9.17) is 0 Å². The van der Waals surface area contributed by atoms with Crippen LogP contribution in [0.4, 0.5) is 0 Å². The van der Waals surface area contributed by atoms with Gasteiger partial charge in [0.05, 0.1) is 0 Å². The van der Waals surface area contributed by atoms with E-state index in [-0.39, 0.29) is 0 Å². The maximum Gasteiger partial charge on any atom is 0.0361 e. The average molecular weight is 417 g/mol. The SMILES string of the molecule is CC(CCNCCCCCNCCC(C)NCc1cccn1C)NCc1ccc[nH]1. The van der Waals surface area contributed by atoms with E-state index in [0.29, 0.717) is 12.1 Å². The van der Waals surface area contributed by atoms with Gasteiger partial charge in [0.1, 0.15) is 0 Å². The van der Waals surface area contributed by atoms with Gasteiger partial charge in [-0.1, -0.05) is 6.42 Å². The Hall–Kier alpha value is -1.60. The molecule has 0 aliphatic rings. The van der Waals surface area contributed by atoms with Crippen molar-refractivity contribution in [3.05, 3.63) is 48.0 Å². The van der Waals surface area contributed by atoms with Crippen LogP contribution in [0.2, 0.25) is 0 Å². The fraction of sp³-hybridized carbons (Fsp3) is 0.667. The largest absolute Gasteiger partial charge is 0.364 e. The number of aromatic amines is 1. The lowest BCUT2D eigenvalue weighted by Crippen LogP contribution is -2.30. The van der Waals surface area contributed by atoms with Crippen LogP contribution >= 0.6 is 0 Å². The van der Waals surface area contributed by atoms with Crippen LogP contribution in [0.3, 0.4) is 0 Å². The summed E-state index contributed by atoms with van der Waals surface area (Å²) in [5.41, 5.74) is 2.59. The van der Waals surface area contributed by atoms with Gasteiger partial charge in [-0.05, 0) is 90.0 Å². The number of aromatic nitrogens is 2. The second-order valence-electron chi connectivity index (χ2n) is 8.51. The molecule has 170 valence electrons. The quantitative estimate of drug-likeness (QED) is 0.242. The molecule has 2 atom stereocenters. The minimum Gasteiger partial charge on any atom is -0.364 e. The van der Waals surface area contributed by atoms with E-state index in [1.807, 2.05) is 12.3 Å². The summed E-state index contributed by atoms with van der Waals surface area (Å²) in [4.78, 5) is 3.23. The lowest BCUT2D eigenvalue weighted by molar-refractivity contribution is 0.473. The zero-order valence-corrected chi connectivity index (χ0v) is 19.3. The normalized spacial score (nSPS) is 13.6. The zero-order chi connectivity index (χ0) is 21.4. The zero-order valence-electron chi connectivity index (χ0n) is 19.3. The van der Waals surface area contributed by atoms with Crippen molar-refractivity contribution >= 4 is 0 Å². The van der Waals surface area contributed by atoms with Crippen molar-refractivity contribution in [2.24, 2.45) is 7.05 Å². The summed E-state index contributed by atoms with van der Waals surface area (Å²) >= 11 is 0. The first kappa shape index (κ1) is 24.7. The van der Waals surface area contributed by atoms with E-state index in [2.05, 4.69) is 76.1 Å². The van der Waals surface area contributed by atoms with E-state index in [1.165, 1.54) is 43.5 Å². The van der Waals surface area contributed by atoms with Crippen LogP contribution in [-0.2, 0) is 20.1 Å². The van der Waals surface area contributed by atoms with Crippen LogP contribution in [0, 0.1) is 0 Å². The molecule has 6 heteroatoms. The summed E-state index contributed by atoms with van der Waals surface area (Å²) in [6.45, 7) is 10.8. The number of hydrogen-bond donors (Lipinski definition) is 5. The van der Waals surface area contributed by atoms with Gasteiger partial charge in [0.15, 0.2) is 0 Å². The number of hydrogen-bond acceptors (Lipinski definition) is 4. The summed E-state index contributed by atoms with van der Waals surface area (Å²) in [5, 5.41) is 14.3. The Morgan fingerprint density at radius 2 is 1.50 bits per heavy atom. The number of rotatable bonds is 18. The fourth-order valence-electron chi connectivity index (χ4n) is 3.49. The molecule has 0 aliphatic carbocycles. The van der Waals surface area contributed by atoms with Crippen molar-refractivity contribution in [2.75, 3.05) is 26.2 Å². The lowest BCUT2D eigenvalue weighted by atomic mass is 10.2. The number of unbranched alkanes of at least 4 members (excludes halogenated alkanes) is 2. The van der Waals surface area contributed by atoms with E-state index >= 15 is 0 Å². The molecule has 0 fully saturated rings. The summed E-state index contributed by atoms with van der Waals surface area (Å²) in [5.74, 6) is 0. The first-order valence-corrected chi connectivity index (χ1v) is 11.8.